The molecule has 0 heterocycles. The van der Waals surface area contributed by atoms with Gasteiger partial charge in [0.1, 0.15) is 5.75 Å². The molecule has 3 N–H and O–H groups in total. The monoisotopic (exact) mass is 357 g/mol. The van der Waals surface area contributed by atoms with E-state index in [0.29, 0.717) is 18.6 Å². The van der Waals surface area contributed by atoms with E-state index in [4.69, 9.17) is 4.74 Å². The van der Waals surface area contributed by atoms with Crippen LogP contribution >= 0.6 is 0 Å². The van der Waals surface area contributed by atoms with Crippen LogP contribution in [-0.2, 0) is 14.6 Å². The predicted octanol–water partition coefficient (Wildman–Crippen LogP) is 0.107. The third-order valence-electron chi connectivity index (χ3n) is 4.24. The number of hydrogen-bond acceptors (Lipinski definition) is 6. The highest BCUT2D eigenvalue weighted by molar-refractivity contribution is 7.90. The first kappa shape index (κ1) is 18.7. The van der Waals surface area contributed by atoms with Crippen molar-refractivity contribution in [3.8, 4) is 5.75 Å². The second-order valence-corrected chi connectivity index (χ2v) is 8.50. The van der Waals surface area contributed by atoms with Crippen LogP contribution < -0.4 is 10.1 Å². The van der Waals surface area contributed by atoms with Crippen molar-refractivity contribution in [2.75, 3.05) is 19.4 Å². The first-order valence-corrected chi connectivity index (χ1v) is 9.54. The number of aliphatic hydroxyl groups excluding tert-OH is 2. The molecule has 0 radical (unpaired) electrons. The van der Waals surface area contributed by atoms with Crippen LogP contribution in [0.2, 0.25) is 0 Å². The zero-order valence-electron chi connectivity index (χ0n) is 13.7. The fraction of sp³-hybridized carbons (Fsp3) is 0.562. The minimum atomic E-state index is -3.26. The van der Waals surface area contributed by atoms with Crippen molar-refractivity contribution in [3.63, 3.8) is 0 Å². The van der Waals surface area contributed by atoms with Crippen molar-refractivity contribution in [3.05, 3.63) is 24.3 Å². The van der Waals surface area contributed by atoms with Crippen LogP contribution in [0.1, 0.15) is 19.8 Å². The summed E-state index contributed by atoms with van der Waals surface area (Å²) < 4.78 is 28.6. The minimum Gasteiger partial charge on any atom is -0.493 e. The van der Waals surface area contributed by atoms with Gasteiger partial charge in [0.25, 0.3) is 0 Å². The summed E-state index contributed by atoms with van der Waals surface area (Å²) in [7, 11) is -3.26. The van der Waals surface area contributed by atoms with E-state index in [1.807, 2.05) is 0 Å². The van der Waals surface area contributed by atoms with E-state index >= 15 is 0 Å². The summed E-state index contributed by atoms with van der Waals surface area (Å²) in [4.78, 5) is 11.4. The second kappa shape index (κ2) is 7.08. The summed E-state index contributed by atoms with van der Waals surface area (Å²) >= 11 is 0. The molecule has 24 heavy (non-hydrogen) atoms. The fourth-order valence-electron chi connectivity index (χ4n) is 2.89. The van der Waals surface area contributed by atoms with Crippen molar-refractivity contribution >= 4 is 15.7 Å². The summed E-state index contributed by atoms with van der Waals surface area (Å²) in [5.41, 5.74) is -0.569. The van der Waals surface area contributed by atoms with E-state index in [0.717, 1.165) is 6.26 Å². The molecule has 8 heteroatoms. The first-order valence-electron chi connectivity index (χ1n) is 7.65. The highest BCUT2D eigenvalue weighted by atomic mass is 32.2. The average Bonchev–Trinajstić information content (AvgIpc) is 2.78. The van der Waals surface area contributed by atoms with E-state index in [1.54, 1.807) is 12.1 Å². The maximum Gasteiger partial charge on any atom is 0.216 e. The van der Waals surface area contributed by atoms with Gasteiger partial charge < -0.3 is 20.3 Å². The second-order valence-electron chi connectivity index (χ2n) is 6.48. The fourth-order valence-corrected chi connectivity index (χ4v) is 3.52. The smallest absolute Gasteiger partial charge is 0.216 e. The van der Waals surface area contributed by atoms with Crippen LogP contribution in [0.5, 0.6) is 5.75 Å². The van der Waals surface area contributed by atoms with Crippen LogP contribution in [-0.4, -0.2) is 56.2 Å². The molecule has 1 aliphatic carbocycles. The van der Waals surface area contributed by atoms with Gasteiger partial charge in [-0.05, 0) is 37.1 Å². The Balaban J connectivity index is 2.06. The Labute approximate surface area is 141 Å². The number of carbonyl (C=O) groups excluding carboxylic acids is 1. The molecule has 0 spiro atoms. The zero-order chi connectivity index (χ0) is 18.0. The SMILES string of the molecule is CC(=O)NCC1(COc2ccc(S(C)(=O)=O)cc2)C[C@@H](O)[C@@H](O)C1. The van der Waals surface area contributed by atoms with Gasteiger partial charge in [0, 0.05) is 25.1 Å². The molecule has 1 aromatic carbocycles. The molecule has 1 aromatic rings. The molecule has 0 bridgehead atoms. The number of nitrogens with one attached hydrogen (secondary N) is 1. The number of rotatable bonds is 6. The molecule has 1 fully saturated rings. The Bertz CT molecular complexity index is 675. The molecular weight excluding hydrogens is 334 g/mol. The molecule has 2 rings (SSSR count). The topological polar surface area (TPSA) is 113 Å². The molecule has 0 aliphatic heterocycles. The molecule has 7 nitrogen and oxygen atoms in total. The number of benzene rings is 1. The third-order valence-corrected chi connectivity index (χ3v) is 5.37. The first-order chi connectivity index (χ1) is 11.1. The molecule has 134 valence electrons. The molecule has 3 atom stereocenters. The van der Waals surface area contributed by atoms with Gasteiger partial charge in [-0.15, -0.1) is 0 Å². The quantitative estimate of drug-likeness (QED) is 0.666. The highest BCUT2D eigenvalue weighted by Crippen LogP contribution is 2.38. The maximum absolute atomic E-state index is 11.4. The maximum atomic E-state index is 11.4. The molecule has 1 amide bonds. The molecule has 1 saturated carbocycles. The van der Waals surface area contributed by atoms with E-state index in [-0.39, 0.29) is 24.0 Å². The van der Waals surface area contributed by atoms with E-state index < -0.39 is 27.5 Å². The van der Waals surface area contributed by atoms with Gasteiger partial charge in [-0.25, -0.2) is 8.42 Å². The van der Waals surface area contributed by atoms with E-state index in [2.05, 4.69) is 5.32 Å². The standard InChI is InChI=1S/C16H23NO6S/c1-11(18)17-9-16(7-14(19)15(20)8-16)10-23-12-3-5-13(6-4-12)24(2,21)22/h3-6,14-15,19-20H,7-10H2,1-2H3,(H,17,18)/t14-,15+,16?. The summed E-state index contributed by atoms with van der Waals surface area (Å²) in [6, 6.07) is 6.04. The number of carbonyl (C=O) groups is 1. The van der Waals surface area contributed by atoms with Gasteiger partial charge in [-0.3, -0.25) is 4.79 Å². The van der Waals surface area contributed by atoms with Crippen LogP contribution in [0.3, 0.4) is 0 Å². The van der Waals surface area contributed by atoms with Gasteiger partial charge in [0.05, 0.1) is 23.7 Å². The van der Waals surface area contributed by atoms with Gasteiger partial charge in [0.15, 0.2) is 9.84 Å². The highest BCUT2D eigenvalue weighted by Gasteiger charge is 2.45. The molecule has 0 aromatic heterocycles. The lowest BCUT2D eigenvalue weighted by Gasteiger charge is -2.29. The zero-order valence-corrected chi connectivity index (χ0v) is 14.5. The Morgan fingerprint density at radius 2 is 1.79 bits per heavy atom. The van der Waals surface area contributed by atoms with Crippen molar-refractivity contribution in [2.45, 2.75) is 36.9 Å². The van der Waals surface area contributed by atoms with Crippen LogP contribution in [0.4, 0.5) is 0 Å². The third kappa shape index (κ3) is 4.68. The Morgan fingerprint density at radius 3 is 2.25 bits per heavy atom. The van der Waals surface area contributed by atoms with Crippen molar-refractivity contribution in [1.29, 1.82) is 0 Å². The summed E-state index contributed by atoms with van der Waals surface area (Å²) in [5.74, 6) is 0.295. The summed E-state index contributed by atoms with van der Waals surface area (Å²) in [5, 5.41) is 22.4. The Morgan fingerprint density at radius 1 is 1.25 bits per heavy atom. The Kier molecular flexibility index (Phi) is 5.52. The minimum absolute atomic E-state index is 0.192. The number of ether oxygens (including phenoxy) is 1. The normalized spacial score (nSPS) is 27.0. The number of aliphatic hydroxyl groups is 2. The van der Waals surface area contributed by atoms with Crippen LogP contribution in [0.15, 0.2) is 29.2 Å². The average molecular weight is 357 g/mol. The number of amides is 1. The largest absolute Gasteiger partial charge is 0.493 e. The van der Waals surface area contributed by atoms with Crippen molar-refractivity contribution in [2.24, 2.45) is 5.41 Å². The lowest BCUT2D eigenvalue weighted by atomic mass is 9.86. The molecular formula is C16H23NO6S. The molecule has 1 unspecified atom stereocenters. The number of sulfone groups is 1. The van der Waals surface area contributed by atoms with Crippen molar-refractivity contribution in [1.82, 2.24) is 5.32 Å². The van der Waals surface area contributed by atoms with Gasteiger partial charge in [0.2, 0.25) is 5.91 Å². The summed E-state index contributed by atoms with van der Waals surface area (Å²) in [6.45, 7) is 1.89. The van der Waals surface area contributed by atoms with E-state index in [1.165, 1.54) is 19.1 Å². The molecule has 0 saturated heterocycles. The predicted molar refractivity (Wildman–Crippen MR) is 87.4 cm³/mol. The van der Waals surface area contributed by atoms with Crippen LogP contribution in [0.25, 0.3) is 0 Å². The summed E-state index contributed by atoms with van der Waals surface area (Å²) in [6.07, 6.45) is 0.0585. The lowest BCUT2D eigenvalue weighted by Crippen LogP contribution is -2.39. The lowest BCUT2D eigenvalue weighted by molar-refractivity contribution is -0.119. The Hall–Kier alpha value is -1.64. The van der Waals surface area contributed by atoms with Gasteiger partial charge in [-0.1, -0.05) is 0 Å². The van der Waals surface area contributed by atoms with Gasteiger partial charge >= 0.3 is 0 Å². The van der Waals surface area contributed by atoms with Gasteiger partial charge in [-0.2, -0.15) is 0 Å². The molecule has 1 aliphatic rings. The van der Waals surface area contributed by atoms with E-state index in [9.17, 15) is 23.4 Å². The van der Waals surface area contributed by atoms with Crippen molar-refractivity contribution < 1.29 is 28.2 Å². The number of hydrogen-bond donors (Lipinski definition) is 3. The van der Waals surface area contributed by atoms with Crippen LogP contribution in [0, 0.1) is 5.41 Å².